The molecule has 2 N–H and O–H groups in total. The molecule has 2 aromatic heterocycles. The number of hydrogen-bond donors (Lipinski definition) is 2. The van der Waals surface area contributed by atoms with Crippen LogP contribution in [0.1, 0.15) is 20.8 Å². The quantitative estimate of drug-likeness (QED) is 0.423. The lowest BCUT2D eigenvalue weighted by atomic mass is 10.1. The average Bonchev–Trinajstić information content (AvgIpc) is 3.45. The number of halogens is 3. The van der Waals surface area contributed by atoms with Gasteiger partial charge in [0.05, 0.1) is 29.9 Å². The van der Waals surface area contributed by atoms with Crippen LogP contribution in [0.4, 0.5) is 18.3 Å². The van der Waals surface area contributed by atoms with E-state index in [2.05, 4.69) is 25.2 Å². The Hall–Kier alpha value is -3.28. The van der Waals surface area contributed by atoms with E-state index in [0.717, 1.165) is 30.6 Å². The van der Waals surface area contributed by atoms with Crippen LogP contribution in [0.25, 0.3) is 22.4 Å². The van der Waals surface area contributed by atoms with Crippen LogP contribution >= 0.6 is 11.3 Å². The Labute approximate surface area is 196 Å². The molecular formula is C23H20F3N5O2S. The van der Waals surface area contributed by atoms with Crippen molar-refractivity contribution in [3.8, 4) is 11.4 Å². The number of nitrogens with one attached hydrogen (secondary N) is 2. The fourth-order valence-electron chi connectivity index (χ4n) is 3.86. The summed E-state index contributed by atoms with van der Waals surface area (Å²) in [4.78, 5) is 27.8. The van der Waals surface area contributed by atoms with Gasteiger partial charge in [0.2, 0.25) is 0 Å². The maximum absolute atomic E-state index is 13.5. The number of fused-ring (bicyclic) bond motifs is 1. The van der Waals surface area contributed by atoms with Gasteiger partial charge < -0.3 is 9.72 Å². The predicted molar refractivity (Wildman–Crippen MR) is 123 cm³/mol. The van der Waals surface area contributed by atoms with Gasteiger partial charge in [0, 0.05) is 36.3 Å². The Bertz CT molecular complexity index is 1330. The second-order valence-corrected chi connectivity index (χ2v) is 8.92. The molecule has 1 fully saturated rings. The van der Waals surface area contributed by atoms with E-state index in [1.54, 1.807) is 24.4 Å². The van der Waals surface area contributed by atoms with E-state index in [1.165, 1.54) is 29.5 Å². The third kappa shape index (κ3) is 4.67. The van der Waals surface area contributed by atoms with E-state index in [-0.39, 0.29) is 22.5 Å². The minimum Gasteiger partial charge on any atom is -0.379 e. The van der Waals surface area contributed by atoms with E-state index in [0.29, 0.717) is 23.9 Å². The second kappa shape index (κ2) is 9.16. The number of hydrogen-bond acceptors (Lipinski definition) is 6. The minimum atomic E-state index is -4.53. The molecule has 34 heavy (non-hydrogen) atoms. The SMILES string of the molecule is O=C(Nc1ncc(CN2CCOCC2)s1)c1cccc2[nH]c(-c3ccccc3C(F)(F)F)nc12. The molecule has 0 radical (unpaired) electrons. The number of imidazole rings is 1. The van der Waals surface area contributed by atoms with Crippen LogP contribution in [0.5, 0.6) is 0 Å². The summed E-state index contributed by atoms with van der Waals surface area (Å²) in [5.41, 5.74) is 0.124. The number of thiazole rings is 1. The van der Waals surface area contributed by atoms with Gasteiger partial charge in [-0.1, -0.05) is 24.3 Å². The van der Waals surface area contributed by atoms with Crippen molar-refractivity contribution in [1.82, 2.24) is 19.9 Å². The van der Waals surface area contributed by atoms with Crippen LogP contribution in [0.2, 0.25) is 0 Å². The number of rotatable bonds is 5. The highest BCUT2D eigenvalue weighted by molar-refractivity contribution is 7.15. The van der Waals surface area contributed by atoms with E-state index >= 15 is 0 Å². The molecule has 0 bridgehead atoms. The molecule has 0 unspecified atom stereocenters. The molecule has 0 saturated carbocycles. The van der Waals surface area contributed by atoms with Gasteiger partial charge >= 0.3 is 6.18 Å². The van der Waals surface area contributed by atoms with Crippen LogP contribution in [0.15, 0.2) is 48.7 Å². The largest absolute Gasteiger partial charge is 0.417 e. The number of carbonyl (C=O) groups is 1. The summed E-state index contributed by atoms with van der Waals surface area (Å²) in [6, 6.07) is 10.1. The average molecular weight is 488 g/mol. The molecule has 0 spiro atoms. The van der Waals surface area contributed by atoms with Crippen molar-refractivity contribution < 1.29 is 22.7 Å². The van der Waals surface area contributed by atoms with E-state index < -0.39 is 17.6 Å². The lowest BCUT2D eigenvalue weighted by Gasteiger charge is -2.25. The van der Waals surface area contributed by atoms with Crippen LogP contribution in [0.3, 0.4) is 0 Å². The molecule has 1 aliphatic heterocycles. The summed E-state index contributed by atoms with van der Waals surface area (Å²) in [5, 5.41) is 3.23. The first kappa shape index (κ1) is 22.5. The Morgan fingerprint density at radius 3 is 2.74 bits per heavy atom. The van der Waals surface area contributed by atoms with Crippen molar-refractivity contribution in [2.24, 2.45) is 0 Å². The number of morpholine rings is 1. The molecule has 0 atom stereocenters. The van der Waals surface area contributed by atoms with Gasteiger partial charge in [-0.2, -0.15) is 13.2 Å². The Morgan fingerprint density at radius 2 is 1.94 bits per heavy atom. The van der Waals surface area contributed by atoms with Crippen molar-refractivity contribution >= 4 is 33.4 Å². The van der Waals surface area contributed by atoms with Gasteiger partial charge in [-0.15, -0.1) is 11.3 Å². The molecule has 2 aromatic carbocycles. The molecule has 176 valence electrons. The number of amides is 1. The first-order valence-electron chi connectivity index (χ1n) is 10.6. The molecule has 4 aromatic rings. The smallest absolute Gasteiger partial charge is 0.379 e. The number of anilines is 1. The molecule has 1 aliphatic rings. The molecule has 3 heterocycles. The van der Waals surface area contributed by atoms with Gasteiger partial charge in [-0.3, -0.25) is 15.0 Å². The monoisotopic (exact) mass is 487 g/mol. The summed E-state index contributed by atoms with van der Waals surface area (Å²) in [6.07, 6.45) is -2.80. The number of H-pyrrole nitrogens is 1. The van der Waals surface area contributed by atoms with Crippen molar-refractivity contribution in [2.45, 2.75) is 12.7 Å². The van der Waals surface area contributed by atoms with Gasteiger partial charge in [0.25, 0.3) is 5.91 Å². The topological polar surface area (TPSA) is 83.1 Å². The number of aromatic amines is 1. The number of alkyl halides is 3. The van der Waals surface area contributed by atoms with Crippen molar-refractivity contribution in [3.63, 3.8) is 0 Å². The van der Waals surface area contributed by atoms with Crippen LogP contribution < -0.4 is 5.32 Å². The first-order valence-corrected chi connectivity index (χ1v) is 11.4. The lowest BCUT2D eigenvalue weighted by Crippen LogP contribution is -2.35. The third-order valence-electron chi connectivity index (χ3n) is 5.50. The molecule has 1 amide bonds. The highest BCUT2D eigenvalue weighted by atomic mass is 32.1. The first-order chi connectivity index (χ1) is 16.4. The summed E-state index contributed by atoms with van der Waals surface area (Å²) in [5.74, 6) is -0.384. The number of carbonyl (C=O) groups excluding carboxylic acids is 1. The van der Waals surface area contributed by atoms with Crippen LogP contribution in [-0.4, -0.2) is 52.1 Å². The number of para-hydroxylation sites is 1. The van der Waals surface area contributed by atoms with Gasteiger partial charge in [0.1, 0.15) is 11.3 Å². The summed E-state index contributed by atoms with van der Waals surface area (Å²) in [6.45, 7) is 3.83. The van der Waals surface area contributed by atoms with Crippen molar-refractivity contribution in [1.29, 1.82) is 0 Å². The van der Waals surface area contributed by atoms with Gasteiger partial charge in [0.15, 0.2) is 5.13 Å². The molecule has 0 aliphatic carbocycles. The molecule has 11 heteroatoms. The summed E-state index contributed by atoms with van der Waals surface area (Å²) < 4.78 is 45.8. The van der Waals surface area contributed by atoms with E-state index in [4.69, 9.17) is 4.74 Å². The fraction of sp³-hybridized carbons (Fsp3) is 0.261. The molecule has 1 saturated heterocycles. The van der Waals surface area contributed by atoms with Gasteiger partial charge in [-0.05, 0) is 18.2 Å². The van der Waals surface area contributed by atoms with Crippen molar-refractivity contribution in [2.75, 3.05) is 31.6 Å². The minimum absolute atomic E-state index is 0.0465. The van der Waals surface area contributed by atoms with Crippen LogP contribution in [0, 0.1) is 0 Å². The highest BCUT2D eigenvalue weighted by Gasteiger charge is 2.34. The summed E-state index contributed by atoms with van der Waals surface area (Å²) in [7, 11) is 0. The maximum atomic E-state index is 13.5. The molecular weight excluding hydrogens is 467 g/mol. The van der Waals surface area contributed by atoms with Gasteiger partial charge in [-0.25, -0.2) is 9.97 Å². The normalized spacial score (nSPS) is 15.0. The zero-order chi connectivity index (χ0) is 23.7. The molecule has 5 rings (SSSR count). The van der Waals surface area contributed by atoms with Crippen LogP contribution in [-0.2, 0) is 17.5 Å². The van der Waals surface area contributed by atoms with E-state index in [1.807, 2.05) is 0 Å². The highest BCUT2D eigenvalue weighted by Crippen LogP contribution is 2.36. The standard InChI is InChI=1S/C23H20F3N5O2S/c24-23(25,26)17-6-2-1-4-15(17)20-28-18-7-3-5-16(19(18)29-20)21(32)30-22-27-12-14(34-22)13-31-8-10-33-11-9-31/h1-7,12H,8-11,13H2,(H,28,29)(H,27,30,32). The summed E-state index contributed by atoms with van der Waals surface area (Å²) >= 11 is 1.38. The zero-order valence-electron chi connectivity index (χ0n) is 17.9. The lowest BCUT2D eigenvalue weighted by molar-refractivity contribution is -0.137. The fourth-order valence-corrected chi connectivity index (χ4v) is 4.71. The Kier molecular flexibility index (Phi) is 6.07. The third-order valence-corrected chi connectivity index (χ3v) is 6.40. The maximum Gasteiger partial charge on any atom is 0.417 e. The molecule has 7 nitrogen and oxygen atoms in total. The second-order valence-electron chi connectivity index (χ2n) is 7.80. The van der Waals surface area contributed by atoms with E-state index in [9.17, 15) is 18.0 Å². The number of nitrogens with zero attached hydrogens (tertiary/aromatic N) is 3. The Balaban J connectivity index is 1.39. The zero-order valence-corrected chi connectivity index (χ0v) is 18.7. The number of ether oxygens (including phenoxy) is 1. The number of aromatic nitrogens is 3. The predicted octanol–water partition coefficient (Wildman–Crippen LogP) is 4.79. The van der Waals surface area contributed by atoms with Crippen molar-refractivity contribution in [3.05, 3.63) is 64.7 Å². The Morgan fingerprint density at radius 1 is 1.15 bits per heavy atom. The number of benzene rings is 2.